The van der Waals surface area contributed by atoms with Crippen molar-refractivity contribution in [1.29, 1.82) is 0 Å². The van der Waals surface area contributed by atoms with Crippen LogP contribution in [-0.4, -0.2) is 46.5 Å². The second-order valence-corrected chi connectivity index (χ2v) is 7.74. The Hall–Kier alpha value is -2.58. The molecular weight excluding hydrogens is 368 g/mol. The molecule has 1 amide bonds. The third-order valence-corrected chi connectivity index (χ3v) is 5.60. The van der Waals surface area contributed by atoms with Crippen molar-refractivity contribution in [3.05, 3.63) is 54.1 Å². The van der Waals surface area contributed by atoms with Gasteiger partial charge in [-0.25, -0.2) is 8.42 Å². The van der Waals surface area contributed by atoms with E-state index in [0.717, 1.165) is 5.56 Å². The van der Waals surface area contributed by atoms with Gasteiger partial charge in [0.2, 0.25) is 15.9 Å². The van der Waals surface area contributed by atoms with E-state index < -0.39 is 16.1 Å². The van der Waals surface area contributed by atoms with Gasteiger partial charge in [0.05, 0.1) is 25.2 Å². The van der Waals surface area contributed by atoms with Crippen LogP contribution < -0.4 is 14.2 Å². The normalized spacial score (nSPS) is 12.3. The van der Waals surface area contributed by atoms with Gasteiger partial charge in [-0.05, 0) is 37.3 Å². The largest absolute Gasteiger partial charge is 0.497 e. The summed E-state index contributed by atoms with van der Waals surface area (Å²) in [5, 5.41) is 0. The summed E-state index contributed by atoms with van der Waals surface area (Å²) in [6, 6.07) is 12.4. The van der Waals surface area contributed by atoms with Crippen LogP contribution in [0.3, 0.4) is 0 Å². The topological polar surface area (TPSA) is 84.9 Å². The first-order valence-electron chi connectivity index (χ1n) is 8.31. The number of para-hydroxylation sites is 1. The zero-order valence-electron chi connectivity index (χ0n) is 15.8. The number of hydrogen-bond donors (Lipinski definition) is 1. The Morgan fingerprint density at radius 3 is 2.30 bits per heavy atom. The molecule has 146 valence electrons. The standard InChI is InChI=1S/C19H24N2O5S/c1-14(20-27(23,24)17-11-9-16(25-3)10-12-17)19(22)21(2)13-15-7-5-6-8-18(15)26-4/h5-12,14,20H,13H2,1-4H3/t14-/m0/s1. The van der Waals surface area contributed by atoms with E-state index in [1.54, 1.807) is 26.3 Å². The molecule has 0 saturated carbocycles. The number of amides is 1. The fourth-order valence-corrected chi connectivity index (χ4v) is 3.80. The van der Waals surface area contributed by atoms with Crippen LogP contribution in [0.4, 0.5) is 0 Å². The molecule has 0 unspecified atom stereocenters. The Bertz CT molecular complexity index is 881. The number of nitrogens with one attached hydrogen (secondary N) is 1. The maximum Gasteiger partial charge on any atom is 0.241 e. The molecule has 0 spiro atoms. The van der Waals surface area contributed by atoms with Crippen LogP contribution >= 0.6 is 0 Å². The molecule has 0 aliphatic heterocycles. The van der Waals surface area contributed by atoms with Crippen LogP contribution in [0.25, 0.3) is 0 Å². The number of likely N-dealkylation sites (N-methyl/N-ethyl adjacent to an activating group) is 1. The van der Waals surface area contributed by atoms with Crippen LogP contribution in [0.15, 0.2) is 53.4 Å². The third kappa shape index (κ3) is 5.21. The number of carbonyl (C=O) groups excluding carboxylic acids is 1. The summed E-state index contributed by atoms with van der Waals surface area (Å²) in [7, 11) is 0.853. The van der Waals surface area contributed by atoms with Gasteiger partial charge in [0, 0.05) is 19.2 Å². The fraction of sp³-hybridized carbons (Fsp3) is 0.316. The first kappa shape index (κ1) is 20.7. The van der Waals surface area contributed by atoms with Crippen LogP contribution in [-0.2, 0) is 21.4 Å². The molecule has 0 aliphatic carbocycles. The van der Waals surface area contributed by atoms with E-state index in [1.807, 2.05) is 24.3 Å². The zero-order chi connectivity index (χ0) is 20.0. The number of sulfonamides is 1. The minimum absolute atomic E-state index is 0.0651. The number of carbonyl (C=O) groups is 1. The molecule has 7 nitrogen and oxygen atoms in total. The molecule has 2 rings (SSSR count). The number of ether oxygens (including phenoxy) is 2. The van der Waals surface area contributed by atoms with E-state index in [1.165, 1.54) is 31.1 Å². The average Bonchev–Trinajstić information content (AvgIpc) is 2.67. The number of hydrogen-bond acceptors (Lipinski definition) is 5. The Labute approximate surface area is 160 Å². The summed E-state index contributed by atoms with van der Waals surface area (Å²) in [4.78, 5) is 14.1. The summed E-state index contributed by atoms with van der Waals surface area (Å²) in [5.74, 6) is 0.872. The average molecular weight is 392 g/mol. The van der Waals surface area contributed by atoms with Crippen molar-refractivity contribution in [3.63, 3.8) is 0 Å². The van der Waals surface area contributed by atoms with Gasteiger partial charge in [-0.2, -0.15) is 4.72 Å². The van der Waals surface area contributed by atoms with E-state index in [9.17, 15) is 13.2 Å². The molecule has 0 bridgehead atoms. The van der Waals surface area contributed by atoms with Gasteiger partial charge in [0.1, 0.15) is 11.5 Å². The Kier molecular flexibility index (Phi) is 6.81. The predicted octanol–water partition coefficient (Wildman–Crippen LogP) is 2.03. The van der Waals surface area contributed by atoms with Crippen molar-refractivity contribution in [1.82, 2.24) is 9.62 Å². The number of methoxy groups -OCH3 is 2. The van der Waals surface area contributed by atoms with Gasteiger partial charge < -0.3 is 14.4 Å². The fourth-order valence-electron chi connectivity index (χ4n) is 2.60. The smallest absolute Gasteiger partial charge is 0.241 e. The van der Waals surface area contributed by atoms with E-state index in [-0.39, 0.29) is 10.8 Å². The summed E-state index contributed by atoms with van der Waals surface area (Å²) in [5.41, 5.74) is 0.834. The lowest BCUT2D eigenvalue weighted by Gasteiger charge is -2.23. The molecule has 1 atom stereocenters. The molecule has 2 aromatic rings. The van der Waals surface area contributed by atoms with Crippen molar-refractivity contribution in [2.45, 2.75) is 24.4 Å². The van der Waals surface area contributed by atoms with E-state index in [2.05, 4.69) is 4.72 Å². The number of nitrogens with zero attached hydrogens (tertiary/aromatic N) is 1. The molecule has 0 heterocycles. The molecule has 8 heteroatoms. The predicted molar refractivity (Wildman–Crippen MR) is 102 cm³/mol. The first-order chi connectivity index (χ1) is 12.8. The van der Waals surface area contributed by atoms with E-state index in [4.69, 9.17) is 9.47 Å². The SMILES string of the molecule is COc1ccc(S(=O)(=O)N[C@@H](C)C(=O)N(C)Cc2ccccc2OC)cc1. The van der Waals surface area contributed by atoms with Crippen molar-refractivity contribution < 1.29 is 22.7 Å². The Morgan fingerprint density at radius 1 is 1.07 bits per heavy atom. The maximum absolute atomic E-state index is 12.6. The molecule has 0 radical (unpaired) electrons. The number of rotatable bonds is 8. The summed E-state index contributed by atoms with van der Waals surface area (Å²) in [6.45, 7) is 1.82. The molecule has 0 aromatic heterocycles. The molecule has 1 N–H and O–H groups in total. The van der Waals surface area contributed by atoms with Gasteiger partial charge in [-0.1, -0.05) is 18.2 Å². The van der Waals surface area contributed by atoms with E-state index in [0.29, 0.717) is 18.0 Å². The van der Waals surface area contributed by atoms with Gasteiger partial charge in [0.25, 0.3) is 0 Å². The Morgan fingerprint density at radius 2 is 1.70 bits per heavy atom. The lowest BCUT2D eigenvalue weighted by Crippen LogP contribution is -2.45. The second kappa shape index (κ2) is 8.88. The summed E-state index contributed by atoms with van der Waals surface area (Å²) in [6.07, 6.45) is 0. The van der Waals surface area contributed by atoms with Crippen molar-refractivity contribution >= 4 is 15.9 Å². The van der Waals surface area contributed by atoms with Crippen molar-refractivity contribution in [3.8, 4) is 11.5 Å². The molecule has 0 fully saturated rings. The highest BCUT2D eigenvalue weighted by Gasteiger charge is 2.24. The van der Waals surface area contributed by atoms with Crippen molar-refractivity contribution in [2.24, 2.45) is 0 Å². The molecule has 2 aromatic carbocycles. The minimum atomic E-state index is -3.83. The zero-order valence-corrected chi connectivity index (χ0v) is 16.6. The maximum atomic E-state index is 12.6. The Balaban J connectivity index is 2.07. The lowest BCUT2D eigenvalue weighted by molar-refractivity contribution is -0.131. The minimum Gasteiger partial charge on any atom is -0.497 e. The molecular formula is C19H24N2O5S. The monoisotopic (exact) mass is 392 g/mol. The molecule has 0 saturated heterocycles. The van der Waals surface area contributed by atoms with Gasteiger partial charge in [-0.3, -0.25) is 4.79 Å². The summed E-state index contributed by atoms with van der Waals surface area (Å²) >= 11 is 0. The highest BCUT2D eigenvalue weighted by Crippen LogP contribution is 2.19. The van der Waals surface area contributed by atoms with Gasteiger partial charge in [-0.15, -0.1) is 0 Å². The third-order valence-electron chi connectivity index (χ3n) is 4.05. The van der Waals surface area contributed by atoms with Crippen LogP contribution in [0.5, 0.6) is 11.5 Å². The van der Waals surface area contributed by atoms with Crippen LogP contribution in [0.2, 0.25) is 0 Å². The highest BCUT2D eigenvalue weighted by molar-refractivity contribution is 7.89. The molecule has 27 heavy (non-hydrogen) atoms. The van der Waals surface area contributed by atoms with Crippen molar-refractivity contribution in [2.75, 3.05) is 21.3 Å². The lowest BCUT2D eigenvalue weighted by atomic mass is 10.2. The van der Waals surface area contributed by atoms with Gasteiger partial charge >= 0.3 is 0 Å². The van der Waals surface area contributed by atoms with Crippen LogP contribution in [0, 0.1) is 0 Å². The molecule has 0 aliphatic rings. The first-order valence-corrected chi connectivity index (χ1v) is 9.80. The van der Waals surface area contributed by atoms with Crippen LogP contribution in [0.1, 0.15) is 12.5 Å². The quantitative estimate of drug-likeness (QED) is 0.743. The highest BCUT2D eigenvalue weighted by atomic mass is 32.2. The van der Waals surface area contributed by atoms with E-state index >= 15 is 0 Å². The number of benzene rings is 2. The van der Waals surface area contributed by atoms with Gasteiger partial charge in [0.15, 0.2) is 0 Å². The second-order valence-electron chi connectivity index (χ2n) is 6.02. The summed E-state index contributed by atoms with van der Waals surface area (Å²) < 4.78 is 37.7.